The van der Waals surface area contributed by atoms with Crippen molar-refractivity contribution in [2.45, 2.75) is 19.4 Å². The molecule has 0 bridgehead atoms. The van der Waals surface area contributed by atoms with Crippen LogP contribution in [-0.2, 0) is 6.42 Å². The largest absolute Gasteiger partial charge is 0.469 e. The summed E-state index contributed by atoms with van der Waals surface area (Å²) in [6, 6.07) is 9.48. The summed E-state index contributed by atoms with van der Waals surface area (Å²) in [6.45, 7) is 1.90. The van der Waals surface area contributed by atoms with Gasteiger partial charge in [0, 0.05) is 18.0 Å². The van der Waals surface area contributed by atoms with Crippen LogP contribution >= 0.6 is 0 Å². The monoisotopic (exact) mass is 242 g/mol. The van der Waals surface area contributed by atoms with Crippen LogP contribution in [0.3, 0.4) is 0 Å². The van der Waals surface area contributed by atoms with Crippen LogP contribution in [-0.4, -0.2) is 4.98 Å². The lowest BCUT2D eigenvalue weighted by molar-refractivity contribution is 0.496. The maximum atomic E-state index is 6.10. The highest BCUT2D eigenvalue weighted by Gasteiger charge is 2.13. The average Bonchev–Trinajstić information content (AvgIpc) is 2.94. The predicted molar refractivity (Wildman–Crippen MR) is 68.1 cm³/mol. The molecule has 4 nitrogen and oxygen atoms in total. The lowest BCUT2D eigenvalue weighted by Crippen LogP contribution is -2.12. The van der Waals surface area contributed by atoms with Crippen LogP contribution in [0.5, 0.6) is 0 Å². The Labute approximate surface area is 104 Å². The van der Waals surface area contributed by atoms with Gasteiger partial charge in [-0.2, -0.15) is 0 Å². The van der Waals surface area contributed by atoms with Crippen molar-refractivity contribution >= 4 is 11.1 Å². The summed E-state index contributed by atoms with van der Waals surface area (Å²) in [5.74, 6) is 1.51. The summed E-state index contributed by atoms with van der Waals surface area (Å²) in [7, 11) is 0. The number of hydrogen-bond acceptors (Lipinski definition) is 4. The number of oxazole rings is 1. The second-order valence-corrected chi connectivity index (χ2v) is 4.38. The van der Waals surface area contributed by atoms with Gasteiger partial charge in [0.2, 0.25) is 0 Å². The van der Waals surface area contributed by atoms with Crippen molar-refractivity contribution in [3.63, 3.8) is 0 Å². The smallest absolute Gasteiger partial charge is 0.197 e. The fraction of sp³-hybridized carbons (Fsp3) is 0.214. The van der Waals surface area contributed by atoms with Gasteiger partial charge in [-0.1, -0.05) is 12.1 Å². The first kappa shape index (κ1) is 11.0. The maximum Gasteiger partial charge on any atom is 0.197 e. The number of nitrogens with two attached hydrogens (primary N) is 1. The molecule has 0 aliphatic carbocycles. The Bertz CT molecular complexity index is 636. The van der Waals surface area contributed by atoms with Crippen molar-refractivity contribution in [3.05, 3.63) is 53.8 Å². The highest BCUT2D eigenvalue weighted by atomic mass is 16.3. The molecule has 18 heavy (non-hydrogen) atoms. The van der Waals surface area contributed by atoms with Crippen molar-refractivity contribution in [2.24, 2.45) is 5.73 Å². The van der Waals surface area contributed by atoms with E-state index in [4.69, 9.17) is 14.6 Å². The minimum atomic E-state index is -0.157. The molecule has 0 fully saturated rings. The molecule has 0 spiro atoms. The van der Waals surface area contributed by atoms with Gasteiger partial charge in [0.1, 0.15) is 11.3 Å². The van der Waals surface area contributed by atoms with Crippen LogP contribution in [0.1, 0.15) is 23.3 Å². The van der Waals surface area contributed by atoms with Crippen LogP contribution in [0.2, 0.25) is 0 Å². The van der Waals surface area contributed by atoms with Gasteiger partial charge in [-0.25, -0.2) is 4.98 Å². The van der Waals surface area contributed by atoms with Crippen LogP contribution < -0.4 is 5.73 Å². The van der Waals surface area contributed by atoms with Crippen molar-refractivity contribution in [1.82, 2.24) is 4.98 Å². The van der Waals surface area contributed by atoms with Crippen LogP contribution in [0.25, 0.3) is 11.1 Å². The zero-order valence-electron chi connectivity index (χ0n) is 10.1. The molecule has 2 N–H and O–H groups in total. The third-order valence-electron chi connectivity index (χ3n) is 2.91. The summed E-state index contributed by atoms with van der Waals surface area (Å²) in [6.07, 6.45) is 2.25. The van der Waals surface area contributed by atoms with E-state index in [9.17, 15) is 0 Å². The minimum Gasteiger partial charge on any atom is -0.469 e. The number of aromatic nitrogens is 1. The Morgan fingerprint density at radius 1 is 1.33 bits per heavy atom. The lowest BCUT2D eigenvalue weighted by Gasteiger charge is -2.05. The van der Waals surface area contributed by atoms with Gasteiger partial charge >= 0.3 is 0 Å². The fourth-order valence-electron chi connectivity index (χ4n) is 1.97. The molecule has 0 aliphatic heterocycles. The van der Waals surface area contributed by atoms with Crippen molar-refractivity contribution in [2.75, 3.05) is 0 Å². The Balaban J connectivity index is 1.83. The topological polar surface area (TPSA) is 65.2 Å². The Morgan fingerprint density at radius 2 is 2.17 bits per heavy atom. The number of hydrogen-bond donors (Lipinski definition) is 1. The van der Waals surface area contributed by atoms with Crippen LogP contribution in [0.4, 0.5) is 0 Å². The van der Waals surface area contributed by atoms with Crippen molar-refractivity contribution < 1.29 is 8.83 Å². The van der Waals surface area contributed by atoms with E-state index >= 15 is 0 Å². The molecule has 3 rings (SSSR count). The molecule has 1 aromatic carbocycles. The molecular formula is C14H14N2O2. The lowest BCUT2D eigenvalue weighted by atomic mass is 10.1. The van der Waals surface area contributed by atoms with Gasteiger partial charge in [0.15, 0.2) is 11.5 Å². The molecule has 3 aromatic rings. The highest BCUT2D eigenvalue weighted by molar-refractivity contribution is 5.72. The summed E-state index contributed by atoms with van der Waals surface area (Å²) in [5.41, 5.74) is 8.73. The standard InChI is InChI=1S/C14H14N2O2/c1-9-6-10(8-17-9)11(15)7-14-16-12-4-2-3-5-13(12)18-14/h2-6,8,11H,7,15H2,1H3. The van der Waals surface area contributed by atoms with E-state index in [1.54, 1.807) is 6.26 Å². The predicted octanol–water partition coefficient (Wildman–Crippen LogP) is 2.97. The molecule has 0 saturated carbocycles. The number of benzene rings is 1. The normalized spacial score (nSPS) is 13.0. The Hall–Kier alpha value is -2.07. The maximum absolute atomic E-state index is 6.10. The Morgan fingerprint density at radius 3 is 2.89 bits per heavy atom. The average molecular weight is 242 g/mol. The molecule has 1 atom stereocenters. The molecule has 0 radical (unpaired) electrons. The number of aryl methyl sites for hydroxylation is 1. The zero-order chi connectivity index (χ0) is 12.5. The van der Waals surface area contributed by atoms with Gasteiger partial charge in [-0.05, 0) is 25.1 Å². The van der Waals surface area contributed by atoms with Crippen LogP contribution in [0.15, 0.2) is 45.4 Å². The molecule has 0 saturated heterocycles. The Kier molecular flexibility index (Phi) is 2.64. The van der Waals surface area contributed by atoms with Gasteiger partial charge in [0.05, 0.1) is 6.26 Å². The van der Waals surface area contributed by atoms with Crippen molar-refractivity contribution in [3.8, 4) is 0 Å². The second kappa shape index (κ2) is 4.31. The molecule has 0 amide bonds. The van der Waals surface area contributed by atoms with E-state index in [1.165, 1.54) is 0 Å². The van der Waals surface area contributed by atoms with Gasteiger partial charge in [-0.3, -0.25) is 0 Å². The first-order chi connectivity index (χ1) is 8.72. The molecule has 2 heterocycles. The SMILES string of the molecule is Cc1cc(C(N)Cc2nc3ccccc3o2)co1. The van der Waals surface area contributed by atoms with E-state index in [-0.39, 0.29) is 6.04 Å². The summed E-state index contributed by atoms with van der Waals surface area (Å²) < 4.78 is 10.9. The number of para-hydroxylation sites is 2. The molecule has 0 aliphatic rings. The highest BCUT2D eigenvalue weighted by Crippen LogP contribution is 2.21. The fourth-order valence-corrected chi connectivity index (χ4v) is 1.97. The third-order valence-corrected chi connectivity index (χ3v) is 2.91. The molecule has 1 unspecified atom stereocenters. The van der Waals surface area contributed by atoms with E-state index < -0.39 is 0 Å². The van der Waals surface area contributed by atoms with E-state index in [2.05, 4.69) is 4.98 Å². The molecule has 92 valence electrons. The number of fused-ring (bicyclic) bond motifs is 1. The van der Waals surface area contributed by atoms with Crippen LogP contribution in [0, 0.1) is 6.92 Å². The number of rotatable bonds is 3. The molecule has 2 aromatic heterocycles. The van der Waals surface area contributed by atoms with Gasteiger partial charge < -0.3 is 14.6 Å². The first-order valence-electron chi connectivity index (χ1n) is 5.87. The van der Waals surface area contributed by atoms with Gasteiger partial charge in [0.25, 0.3) is 0 Å². The van der Waals surface area contributed by atoms with E-state index in [0.717, 1.165) is 22.4 Å². The van der Waals surface area contributed by atoms with E-state index in [1.807, 2.05) is 37.3 Å². The number of furan rings is 1. The molecule has 4 heteroatoms. The summed E-state index contributed by atoms with van der Waals surface area (Å²) >= 11 is 0. The number of nitrogens with zero attached hydrogens (tertiary/aromatic N) is 1. The summed E-state index contributed by atoms with van der Waals surface area (Å²) in [5, 5.41) is 0. The van der Waals surface area contributed by atoms with Crippen molar-refractivity contribution in [1.29, 1.82) is 0 Å². The van der Waals surface area contributed by atoms with Gasteiger partial charge in [-0.15, -0.1) is 0 Å². The second-order valence-electron chi connectivity index (χ2n) is 4.38. The quantitative estimate of drug-likeness (QED) is 0.766. The first-order valence-corrected chi connectivity index (χ1v) is 5.87. The third kappa shape index (κ3) is 2.02. The summed E-state index contributed by atoms with van der Waals surface area (Å²) in [4.78, 5) is 4.41. The zero-order valence-corrected chi connectivity index (χ0v) is 10.1. The van der Waals surface area contributed by atoms with E-state index in [0.29, 0.717) is 12.3 Å². The minimum absolute atomic E-state index is 0.157. The molecular weight excluding hydrogens is 228 g/mol.